The third-order valence-corrected chi connectivity index (χ3v) is 4.85. The monoisotopic (exact) mass is 394 g/mol. The molecule has 0 saturated heterocycles. The average Bonchev–Trinajstić information content (AvgIpc) is 2.95. The summed E-state index contributed by atoms with van der Waals surface area (Å²) in [7, 11) is 1.61. The molecule has 136 valence electrons. The summed E-state index contributed by atoms with van der Waals surface area (Å²) in [6.45, 7) is 0.667. The topological polar surface area (TPSA) is 52.8 Å². The Hall–Kier alpha value is -2.22. The number of aromatic nitrogens is 1. The predicted octanol–water partition coefficient (Wildman–Crippen LogP) is 3.65. The zero-order valence-electron chi connectivity index (χ0n) is 13.9. The molecule has 1 amide bonds. The maximum atomic E-state index is 13.6. The van der Waals surface area contributed by atoms with E-state index in [1.54, 1.807) is 25.3 Å². The highest BCUT2D eigenvalue weighted by Crippen LogP contribution is 2.22. The molecule has 0 N–H and O–H groups in total. The Morgan fingerprint density at radius 3 is 2.88 bits per heavy atom. The van der Waals surface area contributed by atoms with Gasteiger partial charge in [0.15, 0.2) is 23.0 Å². The van der Waals surface area contributed by atoms with Crippen molar-refractivity contribution in [2.45, 2.75) is 6.54 Å². The summed E-state index contributed by atoms with van der Waals surface area (Å²) in [5.74, 6) is -1.00. The van der Waals surface area contributed by atoms with Crippen molar-refractivity contribution in [3.8, 4) is 5.75 Å². The number of ether oxygens (including phenoxy) is 2. The van der Waals surface area contributed by atoms with Crippen molar-refractivity contribution < 1.29 is 18.7 Å². The molecular weight excluding hydrogens is 379 g/mol. The molecule has 26 heavy (non-hydrogen) atoms. The first-order valence-electron chi connectivity index (χ1n) is 7.81. The van der Waals surface area contributed by atoms with Crippen LogP contribution in [0.2, 0.25) is 5.02 Å². The van der Waals surface area contributed by atoms with Gasteiger partial charge in [0.05, 0.1) is 16.8 Å². The van der Waals surface area contributed by atoms with Gasteiger partial charge in [-0.3, -0.25) is 4.79 Å². The minimum atomic E-state index is -0.521. The highest BCUT2D eigenvalue weighted by molar-refractivity contribution is 7.16. The zero-order chi connectivity index (χ0) is 18.5. The lowest BCUT2D eigenvalue weighted by molar-refractivity contribution is -0.120. The third-order valence-electron chi connectivity index (χ3n) is 3.57. The standard InChI is InChI=1S/C18H16ClFN2O3S/c1-24-9-8-22-14-7-6-12(19)10-16(14)26-18(22)21-17(23)11-25-15-5-3-2-4-13(15)20/h2-7,10H,8-9,11H2,1H3. The number of benzene rings is 2. The number of rotatable bonds is 6. The van der Waals surface area contributed by atoms with Crippen LogP contribution in [0.1, 0.15) is 0 Å². The number of hydrogen-bond donors (Lipinski definition) is 0. The van der Waals surface area contributed by atoms with Gasteiger partial charge in [0, 0.05) is 18.7 Å². The van der Waals surface area contributed by atoms with Crippen LogP contribution in [0.15, 0.2) is 47.5 Å². The maximum absolute atomic E-state index is 13.6. The first kappa shape index (κ1) is 18.6. The number of methoxy groups -OCH3 is 1. The van der Waals surface area contributed by atoms with E-state index in [4.69, 9.17) is 21.1 Å². The van der Waals surface area contributed by atoms with E-state index in [9.17, 15) is 9.18 Å². The molecule has 3 aromatic rings. The molecule has 0 spiro atoms. The van der Waals surface area contributed by atoms with Gasteiger partial charge in [-0.15, -0.1) is 0 Å². The molecule has 1 heterocycles. The van der Waals surface area contributed by atoms with Gasteiger partial charge >= 0.3 is 0 Å². The van der Waals surface area contributed by atoms with Crippen LogP contribution in [0.5, 0.6) is 5.75 Å². The van der Waals surface area contributed by atoms with Crippen LogP contribution in [0, 0.1) is 5.82 Å². The first-order chi connectivity index (χ1) is 12.6. The number of fused-ring (bicyclic) bond motifs is 1. The second-order valence-electron chi connectivity index (χ2n) is 5.37. The number of halogens is 2. The molecule has 0 bridgehead atoms. The fourth-order valence-electron chi connectivity index (χ4n) is 2.37. The molecule has 5 nitrogen and oxygen atoms in total. The summed E-state index contributed by atoms with van der Waals surface area (Å²) in [4.78, 5) is 16.8. The van der Waals surface area contributed by atoms with E-state index in [1.807, 2.05) is 16.7 Å². The molecule has 2 aromatic carbocycles. The van der Waals surface area contributed by atoms with Gasteiger partial charge in [0.1, 0.15) is 0 Å². The van der Waals surface area contributed by atoms with Crippen LogP contribution >= 0.6 is 22.9 Å². The second-order valence-corrected chi connectivity index (χ2v) is 6.81. The third kappa shape index (κ3) is 4.30. The lowest BCUT2D eigenvalue weighted by Gasteiger charge is -2.05. The van der Waals surface area contributed by atoms with Crippen LogP contribution in [0.4, 0.5) is 4.39 Å². The lowest BCUT2D eigenvalue weighted by atomic mass is 10.3. The first-order valence-corrected chi connectivity index (χ1v) is 9.00. The highest BCUT2D eigenvalue weighted by Gasteiger charge is 2.10. The molecule has 0 aliphatic heterocycles. The molecular formula is C18H16ClFN2O3S. The molecule has 0 saturated carbocycles. The van der Waals surface area contributed by atoms with E-state index >= 15 is 0 Å². The Morgan fingerprint density at radius 1 is 1.31 bits per heavy atom. The fourth-order valence-corrected chi connectivity index (χ4v) is 3.72. The van der Waals surface area contributed by atoms with Crippen molar-refractivity contribution in [1.82, 2.24) is 4.57 Å². The van der Waals surface area contributed by atoms with Crippen molar-refractivity contribution in [3.63, 3.8) is 0 Å². The Morgan fingerprint density at radius 2 is 2.12 bits per heavy atom. The van der Waals surface area contributed by atoms with Crippen molar-refractivity contribution >= 4 is 39.1 Å². The van der Waals surface area contributed by atoms with Gasteiger partial charge in [-0.05, 0) is 30.3 Å². The number of carbonyl (C=O) groups is 1. The SMILES string of the molecule is COCCn1c(=NC(=O)COc2ccccc2F)sc2cc(Cl)ccc21. The molecule has 0 fully saturated rings. The Kier molecular flexibility index (Phi) is 6.03. The number of nitrogens with zero attached hydrogens (tertiary/aromatic N) is 2. The van der Waals surface area contributed by atoms with E-state index in [1.165, 1.54) is 23.5 Å². The molecule has 0 unspecified atom stereocenters. The molecule has 0 aliphatic carbocycles. The quantitative estimate of drug-likeness (QED) is 0.641. The Bertz CT molecular complexity index is 1000. The van der Waals surface area contributed by atoms with E-state index in [-0.39, 0.29) is 12.4 Å². The molecule has 8 heteroatoms. The van der Waals surface area contributed by atoms with Crippen molar-refractivity contribution in [3.05, 3.63) is 58.1 Å². The van der Waals surface area contributed by atoms with Gasteiger partial charge in [0.2, 0.25) is 0 Å². The van der Waals surface area contributed by atoms with E-state index in [0.29, 0.717) is 23.0 Å². The Balaban J connectivity index is 1.87. The minimum Gasteiger partial charge on any atom is -0.481 e. The van der Waals surface area contributed by atoms with Crippen molar-refractivity contribution in [2.75, 3.05) is 20.3 Å². The summed E-state index contributed by atoms with van der Waals surface area (Å²) in [6.07, 6.45) is 0. The molecule has 0 aliphatic rings. The predicted molar refractivity (Wildman–Crippen MR) is 99.2 cm³/mol. The number of thiazole rings is 1. The zero-order valence-corrected chi connectivity index (χ0v) is 15.5. The number of hydrogen-bond acceptors (Lipinski definition) is 4. The van der Waals surface area contributed by atoms with E-state index < -0.39 is 11.7 Å². The summed E-state index contributed by atoms with van der Waals surface area (Å²) >= 11 is 7.39. The number of amides is 1. The molecule has 3 rings (SSSR count). The smallest absolute Gasteiger partial charge is 0.286 e. The van der Waals surface area contributed by atoms with Crippen LogP contribution < -0.4 is 9.54 Å². The van der Waals surface area contributed by atoms with Crippen molar-refractivity contribution in [2.24, 2.45) is 4.99 Å². The maximum Gasteiger partial charge on any atom is 0.286 e. The minimum absolute atomic E-state index is 0.0198. The van der Waals surface area contributed by atoms with Gasteiger partial charge in [0.25, 0.3) is 5.91 Å². The second kappa shape index (κ2) is 8.44. The number of para-hydroxylation sites is 1. The highest BCUT2D eigenvalue weighted by atomic mass is 35.5. The van der Waals surface area contributed by atoms with Crippen LogP contribution in [-0.4, -0.2) is 30.8 Å². The van der Waals surface area contributed by atoms with Gasteiger partial charge in [-0.25, -0.2) is 4.39 Å². The van der Waals surface area contributed by atoms with Gasteiger partial charge in [-0.2, -0.15) is 4.99 Å². The van der Waals surface area contributed by atoms with Gasteiger partial charge in [-0.1, -0.05) is 35.1 Å². The van der Waals surface area contributed by atoms with Gasteiger partial charge < -0.3 is 14.0 Å². The summed E-state index contributed by atoms with van der Waals surface area (Å²) in [5.41, 5.74) is 0.915. The van der Waals surface area contributed by atoms with E-state index in [0.717, 1.165) is 10.2 Å². The fraction of sp³-hybridized carbons (Fsp3) is 0.222. The van der Waals surface area contributed by atoms with Crippen LogP contribution in [0.25, 0.3) is 10.2 Å². The largest absolute Gasteiger partial charge is 0.481 e. The van der Waals surface area contributed by atoms with Crippen LogP contribution in [-0.2, 0) is 16.1 Å². The molecule has 1 aromatic heterocycles. The lowest BCUT2D eigenvalue weighted by Crippen LogP contribution is -2.21. The summed E-state index contributed by atoms with van der Waals surface area (Å²) in [5, 5.41) is 0.610. The molecule has 0 radical (unpaired) electrons. The average molecular weight is 395 g/mol. The van der Waals surface area contributed by atoms with Crippen molar-refractivity contribution in [1.29, 1.82) is 0 Å². The van der Waals surface area contributed by atoms with Crippen LogP contribution in [0.3, 0.4) is 0 Å². The number of carbonyl (C=O) groups excluding carboxylic acids is 1. The summed E-state index contributed by atoms with van der Waals surface area (Å²) < 4.78 is 26.7. The Labute approximate surface area is 158 Å². The summed E-state index contributed by atoms with van der Waals surface area (Å²) in [6, 6.07) is 11.4. The molecule has 0 atom stereocenters. The van der Waals surface area contributed by atoms with E-state index in [2.05, 4.69) is 4.99 Å². The normalized spacial score (nSPS) is 11.9.